The average molecular weight is 509 g/mol. The number of rotatable bonds is 7. The molecule has 4 N–H and O–H groups in total. The smallest absolute Gasteiger partial charge is 0.263 e. The summed E-state index contributed by atoms with van der Waals surface area (Å²) < 4.78 is 8.41. The Kier molecular flexibility index (Phi) is 6.47. The van der Waals surface area contributed by atoms with E-state index >= 15 is 0 Å². The Balaban J connectivity index is 1.50. The second kappa shape index (κ2) is 9.86. The summed E-state index contributed by atoms with van der Waals surface area (Å²) >= 11 is 6.26. The molecule has 0 bridgehead atoms. The number of methoxy groups -OCH3 is 1. The fraction of sp³-hybridized carbons (Fsp3) is 0.292. The van der Waals surface area contributed by atoms with Crippen molar-refractivity contribution >= 4 is 40.6 Å². The maximum absolute atomic E-state index is 13.3. The fourth-order valence-corrected chi connectivity index (χ4v) is 4.63. The van der Waals surface area contributed by atoms with Crippen LogP contribution in [-0.2, 0) is 11.3 Å². The van der Waals surface area contributed by atoms with Crippen molar-refractivity contribution in [3.63, 3.8) is 0 Å². The molecule has 0 atom stereocenters. The molecule has 0 saturated heterocycles. The van der Waals surface area contributed by atoms with E-state index in [1.54, 1.807) is 42.9 Å². The Labute approximate surface area is 211 Å². The Bertz CT molecular complexity index is 1440. The lowest BCUT2D eigenvalue weighted by Gasteiger charge is -2.11. The molecule has 11 nitrogen and oxygen atoms in total. The van der Waals surface area contributed by atoms with Gasteiger partial charge in [-0.15, -0.1) is 5.10 Å². The van der Waals surface area contributed by atoms with Gasteiger partial charge in [-0.1, -0.05) is 24.4 Å². The second-order valence-electron chi connectivity index (χ2n) is 8.58. The summed E-state index contributed by atoms with van der Waals surface area (Å²) in [6.45, 7) is -0.0112. The van der Waals surface area contributed by atoms with Crippen molar-refractivity contribution < 1.29 is 14.3 Å². The van der Waals surface area contributed by atoms with E-state index in [1.807, 2.05) is 0 Å². The molecule has 3 heterocycles. The Morgan fingerprint density at radius 2 is 2.06 bits per heavy atom. The number of carbonyl (C=O) groups is 2. The van der Waals surface area contributed by atoms with E-state index in [9.17, 15) is 9.59 Å². The zero-order valence-electron chi connectivity index (χ0n) is 19.6. The van der Waals surface area contributed by atoms with Crippen LogP contribution in [0.15, 0.2) is 42.9 Å². The van der Waals surface area contributed by atoms with Gasteiger partial charge in [0.25, 0.3) is 5.91 Å². The molecule has 5 rings (SSSR count). The van der Waals surface area contributed by atoms with Gasteiger partial charge < -0.3 is 21.1 Å². The molecule has 186 valence electrons. The summed E-state index contributed by atoms with van der Waals surface area (Å²) in [5.41, 5.74) is 7.77. The summed E-state index contributed by atoms with van der Waals surface area (Å²) in [6.07, 6.45) is 8.98. The number of nitrogens with zero attached hydrogens (tertiary/aromatic N) is 5. The number of amides is 2. The summed E-state index contributed by atoms with van der Waals surface area (Å²) in [7, 11) is 1.53. The van der Waals surface area contributed by atoms with Crippen molar-refractivity contribution in [3.8, 4) is 17.0 Å². The number of hydrogen-bond acceptors (Lipinski definition) is 7. The number of halogens is 1. The molecular formula is C24H25ClN8O3. The highest BCUT2D eigenvalue weighted by Crippen LogP contribution is 2.36. The molecule has 3 aromatic heterocycles. The Morgan fingerprint density at radius 3 is 2.83 bits per heavy atom. The third-order valence-corrected chi connectivity index (χ3v) is 6.34. The molecular weight excluding hydrogens is 484 g/mol. The maximum Gasteiger partial charge on any atom is 0.263 e. The van der Waals surface area contributed by atoms with Crippen LogP contribution < -0.4 is 21.1 Å². The van der Waals surface area contributed by atoms with Gasteiger partial charge in [-0.25, -0.2) is 9.50 Å². The molecule has 1 aromatic carbocycles. The number of carbonyl (C=O) groups excluding carboxylic acids is 2. The number of hydrogen-bond donors (Lipinski definition) is 3. The first kappa shape index (κ1) is 23.6. The lowest BCUT2D eigenvalue weighted by Crippen LogP contribution is -2.35. The average Bonchev–Trinajstić information content (AvgIpc) is 3.57. The highest BCUT2D eigenvalue weighted by Gasteiger charge is 2.24. The third kappa shape index (κ3) is 4.69. The fourth-order valence-electron chi connectivity index (χ4n) is 4.46. The molecule has 1 saturated carbocycles. The predicted octanol–water partition coefficient (Wildman–Crippen LogP) is 3.15. The van der Waals surface area contributed by atoms with Gasteiger partial charge in [-0.2, -0.15) is 5.10 Å². The first-order valence-electron chi connectivity index (χ1n) is 11.5. The number of anilines is 2. The SMILES string of the molecule is COc1ccc(Cl)cc1-c1nn(CC(=O)NC2CCCC2)cc1NC(=O)c1c(N)nn2cccnc12. The molecule has 36 heavy (non-hydrogen) atoms. The van der Waals surface area contributed by atoms with Crippen LogP contribution in [0.5, 0.6) is 5.75 Å². The van der Waals surface area contributed by atoms with E-state index < -0.39 is 5.91 Å². The molecule has 0 spiro atoms. The molecule has 1 fully saturated rings. The van der Waals surface area contributed by atoms with Crippen LogP contribution in [0.3, 0.4) is 0 Å². The van der Waals surface area contributed by atoms with Gasteiger partial charge in [0.05, 0.1) is 12.8 Å². The molecule has 1 aliphatic rings. The molecule has 0 aliphatic heterocycles. The minimum absolute atomic E-state index is 0.0112. The lowest BCUT2D eigenvalue weighted by atomic mass is 10.1. The van der Waals surface area contributed by atoms with Gasteiger partial charge in [-0.05, 0) is 37.1 Å². The minimum Gasteiger partial charge on any atom is -0.496 e. The first-order valence-corrected chi connectivity index (χ1v) is 11.9. The van der Waals surface area contributed by atoms with Crippen molar-refractivity contribution in [3.05, 3.63) is 53.4 Å². The third-order valence-electron chi connectivity index (χ3n) is 6.10. The predicted molar refractivity (Wildman–Crippen MR) is 135 cm³/mol. The number of ether oxygens (including phenoxy) is 1. The first-order chi connectivity index (χ1) is 17.4. The van der Waals surface area contributed by atoms with Crippen LogP contribution in [0, 0.1) is 0 Å². The summed E-state index contributed by atoms with van der Waals surface area (Å²) in [6, 6.07) is 6.96. The van der Waals surface area contributed by atoms with Crippen molar-refractivity contribution in [2.75, 3.05) is 18.2 Å². The van der Waals surface area contributed by atoms with Gasteiger partial charge in [0.2, 0.25) is 5.91 Å². The van der Waals surface area contributed by atoms with Crippen molar-refractivity contribution in [2.24, 2.45) is 0 Å². The van der Waals surface area contributed by atoms with Crippen LogP contribution in [0.25, 0.3) is 16.9 Å². The van der Waals surface area contributed by atoms with E-state index in [4.69, 9.17) is 22.1 Å². The number of benzene rings is 1. The second-order valence-corrected chi connectivity index (χ2v) is 9.02. The number of nitrogens with one attached hydrogen (secondary N) is 2. The van der Waals surface area contributed by atoms with E-state index in [0.29, 0.717) is 33.4 Å². The summed E-state index contributed by atoms with van der Waals surface area (Å²) in [5.74, 6) is -0.120. The number of fused-ring (bicyclic) bond motifs is 1. The molecule has 0 unspecified atom stereocenters. The molecule has 12 heteroatoms. The van der Waals surface area contributed by atoms with Gasteiger partial charge in [0, 0.05) is 35.2 Å². The van der Waals surface area contributed by atoms with Crippen LogP contribution >= 0.6 is 11.6 Å². The zero-order chi connectivity index (χ0) is 25.2. The number of nitrogens with two attached hydrogens (primary N) is 1. The van der Waals surface area contributed by atoms with Crippen LogP contribution in [0.2, 0.25) is 5.02 Å². The monoisotopic (exact) mass is 508 g/mol. The molecule has 1 aliphatic carbocycles. The highest BCUT2D eigenvalue weighted by molar-refractivity contribution is 6.31. The van der Waals surface area contributed by atoms with E-state index in [1.165, 1.54) is 16.3 Å². The normalized spacial score (nSPS) is 13.7. The van der Waals surface area contributed by atoms with Crippen LogP contribution in [0.4, 0.5) is 11.5 Å². The molecule has 4 aromatic rings. The molecule has 2 amide bonds. The Hall–Kier alpha value is -4.12. The zero-order valence-corrected chi connectivity index (χ0v) is 20.3. The van der Waals surface area contributed by atoms with Crippen LogP contribution in [-0.4, -0.2) is 49.3 Å². The number of nitrogen functional groups attached to an aromatic ring is 1. The van der Waals surface area contributed by atoms with Crippen molar-refractivity contribution in [1.82, 2.24) is 29.7 Å². The van der Waals surface area contributed by atoms with Crippen molar-refractivity contribution in [2.45, 2.75) is 38.3 Å². The summed E-state index contributed by atoms with van der Waals surface area (Å²) in [4.78, 5) is 30.2. The van der Waals surface area contributed by atoms with Gasteiger partial charge >= 0.3 is 0 Å². The minimum atomic E-state index is -0.515. The van der Waals surface area contributed by atoms with E-state index in [-0.39, 0.29) is 29.9 Å². The van der Waals surface area contributed by atoms with Gasteiger partial charge in [0.15, 0.2) is 11.5 Å². The largest absolute Gasteiger partial charge is 0.496 e. The molecule has 0 radical (unpaired) electrons. The van der Waals surface area contributed by atoms with Gasteiger partial charge in [-0.3, -0.25) is 14.3 Å². The van der Waals surface area contributed by atoms with Crippen molar-refractivity contribution in [1.29, 1.82) is 0 Å². The van der Waals surface area contributed by atoms with E-state index in [0.717, 1.165) is 25.7 Å². The standard InChI is InChI=1S/C24H25ClN8O3/c1-36-18-8-7-14(25)11-16(18)21-17(12-32(30-21)13-19(34)28-15-5-2-3-6-15)29-24(35)20-22(26)31-33-10-4-9-27-23(20)33/h4,7-12,15H,2-3,5-6,13H2,1H3,(H2,26,31)(H,28,34)(H,29,35). The Morgan fingerprint density at radius 1 is 1.25 bits per heavy atom. The van der Waals surface area contributed by atoms with Gasteiger partial charge in [0.1, 0.15) is 23.6 Å². The lowest BCUT2D eigenvalue weighted by molar-refractivity contribution is -0.122. The van der Waals surface area contributed by atoms with E-state index in [2.05, 4.69) is 25.8 Å². The highest BCUT2D eigenvalue weighted by atomic mass is 35.5. The van der Waals surface area contributed by atoms with Crippen LogP contribution in [0.1, 0.15) is 36.0 Å². The number of aromatic nitrogens is 5. The quantitative estimate of drug-likeness (QED) is 0.348. The summed E-state index contributed by atoms with van der Waals surface area (Å²) in [5, 5.41) is 15.1. The maximum atomic E-state index is 13.3. The topological polar surface area (TPSA) is 141 Å².